The van der Waals surface area contributed by atoms with Crippen LogP contribution < -0.4 is 0 Å². The van der Waals surface area contributed by atoms with Crippen molar-refractivity contribution in [2.45, 2.75) is 25.0 Å². The molecule has 7 heteroatoms. The average Bonchev–Trinajstić information content (AvgIpc) is 3.31. The number of para-hydroxylation sites is 2. The predicted molar refractivity (Wildman–Crippen MR) is 98.9 cm³/mol. The van der Waals surface area contributed by atoms with Crippen LogP contribution in [0.25, 0.3) is 11.0 Å². The molecule has 0 unspecified atom stereocenters. The van der Waals surface area contributed by atoms with Crippen molar-refractivity contribution in [1.82, 2.24) is 24.6 Å². The normalized spacial score (nSPS) is 27.7. The SMILES string of the molecule is O=C(c1ccnnc1)N1C[C@H]2C[C@@H](n3cnc4ccccc43)[C@H](O)C[C@H]2C1. The number of rotatable bonds is 2. The summed E-state index contributed by atoms with van der Waals surface area (Å²) in [5.41, 5.74) is 2.57. The molecule has 1 saturated heterocycles. The second kappa shape index (κ2) is 6.42. The van der Waals surface area contributed by atoms with Crippen LogP contribution in [0.5, 0.6) is 0 Å². The second-order valence-electron chi connectivity index (χ2n) is 7.61. The highest BCUT2D eigenvalue weighted by molar-refractivity contribution is 5.94. The van der Waals surface area contributed by atoms with Gasteiger partial charge < -0.3 is 14.6 Å². The molecule has 7 nitrogen and oxygen atoms in total. The van der Waals surface area contributed by atoms with Gasteiger partial charge in [-0.3, -0.25) is 4.79 Å². The summed E-state index contributed by atoms with van der Waals surface area (Å²) < 4.78 is 2.10. The number of carbonyl (C=O) groups is 1. The van der Waals surface area contributed by atoms with Gasteiger partial charge >= 0.3 is 0 Å². The van der Waals surface area contributed by atoms with E-state index in [9.17, 15) is 9.90 Å². The molecule has 27 heavy (non-hydrogen) atoms. The minimum absolute atomic E-state index is 0.00146. The number of fused-ring (bicyclic) bond motifs is 2. The first-order chi connectivity index (χ1) is 13.2. The number of hydrogen-bond acceptors (Lipinski definition) is 5. The maximum Gasteiger partial charge on any atom is 0.255 e. The second-order valence-corrected chi connectivity index (χ2v) is 7.61. The molecule has 1 saturated carbocycles. The van der Waals surface area contributed by atoms with Gasteiger partial charge in [0.1, 0.15) is 0 Å². The van der Waals surface area contributed by atoms with Gasteiger partial charge in [0, 0.05) is 13.1 Å². The van der Waals surface area contributed by atoms with E-state index in [1.165, 1.54) is 6.20 Å². The number of aliphatic hydroxyl groups excluding tert-OH is 1. The maximum absolute atomic E-state index is 12.7. The Balaban J connectivity index is 1.37. The third-order valence-electron chi connectivity index (χ3n) is 6.07. The van der Waals surface area contributed by atoms with Crippen molar-refractivity contribution in [3.8, 4) is 0 Å². The summed E-state index contributed by atoms with van der Waals surface area (Å²) in [6, 6.07) is 9.70. The van der Waals surface area contributed by atoms with Crippen LogP contribution in [0.4, 0.5) is 0 Å². The van der Waals surface area contributed by atoms with Crippen molar-refractivity contribution < 1.29 is 9.90 Å². The van der Waals surface area contributed by atoms with Crippen molar-refractivity contribution in [3.05, 3.63) is 54.6 Å². The van der Waals surface area contributed by atoms with Crippen molar-refractivity contribution in [3.63, 3.8) is 0 Å². The minimum Gasteiger partial charge on any atom is -0.391 e. The number of nitrogens with zero attached hydrogens (tertiary/aromatic N) is 5. The van der Waals surface area contributed by atoms with E-state index in [-0.39, 0.29) is 11.9 Å². The molecular formula is C20H21N5O2. The molecule has 0 radical (unpaired) electrons. The molecule has 4 atom stereocenters. The first kappa shape index (κ1) is 16.4. The van der Waals surface area contributed by atoms with Gasteiger partial charge in [-0.25, -0.2) is 4.98 Å². The molecule has 2 aliphatic rings. The van der Waals surface area contributed by atoms with E-state index < -0.39 is 6.10 Å². The Kier molecular flexibility index (Phi) is 3.89. The summed E-state index contributed by atoms with van der Waals surface area (Å²) in [4.78, 5) is 19.1. The third kappa shape index (κ3) is 2.78. The van der Waals surface area contributed by atoms with Crippen molar-refractivity contribution in [1.29, 1.82) is 0 Å². The topological polar surface area (TPSA) is 84.1 Å². The molecule has 1 amide bonds. The molecule has 2 aromatic heterocycles. The van der Waals surface area contributed by atoms with Gasteiger partial charge in [0.05, 0.1) is 47.5 Å². The van der Waals surface area contributed by atoms with Crippen LogP contribution in [-0.4, -0.2) is 54.9 Å². The van der Waals surface area contributed by atoms with Gasteiger partial charge in [-0.05, 0) is 42.9 Å². The van der Waals surface area contributed by atoms with Crippen LogP contribution in [0.2, 0.25) is 0 Å². The highest BCUT2D eigenvalue weighted by atomic mass is 16.3. The number of imidazole rings is 1. The summed E-state index contributed by atoms with van der Waals surface area (Å²) in [6.07, 6.45) is 6.02. The summed E-state index contributed by atoms with van der Waals surface area (Å²) >= 11 is 0. The Morgan fingerprint density at radius 1 is 1.07 bits per heavy atom. The molecule has 5 rings (SSSR count). The molecule has 138 valence electrons. The number of amides is 1. The van der Waals surface area contributed by atoms with Gasteiger partial charge in [0.15, 0.2) is 0 Å². The van der Waals surface area contributed by atoms with E-state index in [1.54, 1.807) is 12.3 Å². The number of benzene rings is 1. The van der Waals surface area contributed by atoms with Gasteiger partial charge in [-0.15, -0.1) is 0 Å². The molecule has 2 fully saturated rings. The van der Waals surface area contributed by atoms with Crippen LogP contribution in [-0.2, 0) is 0 Å². The summed E-state index contributed by atoms with van der Waals surface area (Å²) in [5.74, 6) is 0.724. The summed E-state index contributed by atoms with van der Waals surface area (Å²) in [7, 11) is 0. The molecule has 1 aliphatic heterocycles. The number of likely N-dealkylation sites (tertiary alicyclic amines) is 1. The average molecular weight is 363 g/mol. The highest BCUT2D eigenvalue weighted by Gasteiger charge is 2.43. The summed E-state index contributed by atoms with van der Waals surface area (Å²) in [6.45, 7) is 1.42. The quantitative estimate of drug-likeness (QED) is 0.752. The van der Waals surface area contributed by atoms with Crippen molar-refractivity contribution >= 4 is 16.9 Å². The van der Waals surface area contributed by atoms with Crippen molar-refractivity contribution in [2.75, 3.05) is 13.1 Å². The fraction of sp³-hybridized carbons (Fsp3) is 0.400. The first-order valence-electron chi connectivity index (χ1n) is 9.36. The van der Waals surface area contributed by atoms with E-state index in [0.717, 1.165) is 24.0 Å². The molecule has 1 N–H and O–H groups in total. The number of aliphatic hydroxyl groups is 1. The van der Waals surface area contributed by atoms with Gasteiger partial charge in [0.25, 0.3) is 5.91 Å². The van der Waals surface area contributed by atoms with E-state index >= 15 is 0 Å². The lowest BCUT2D eigenvalue weighted by Crippen LogP contribution is -2.36. The lowest BCUT2D eigenvalue weighted by atomic mass is 9.77. The molecule has 1 aliphatic carbocycles. The molecule has 0 spiro atoms. The highest BCUT2D eigenvalue weighted by Crippen LogP contribution is 2.42. The molecule has 3 heterocycles. The lowest BCUT2D eigenvalue weighted by molar-refractivity contribution is 0.0374. The van der Waals surface area contributed by atoms with E-state index in [4.69, 9.17) is 0 Å². The van der Waals surface area contributed by atoms with E-state index in [2.05, 4.69) is 19.7 Å². The van der Waals surface area contributed by atoms with Crippen LogP contribution in [0, 0.1) is 11.8 Å². The Labute approximate surface area is 156 Å². The van der Waals surface area contributed by atoms with Crippen LogP contribution in [0.1, 0.15) is 29.2 Å². The van der Waals surface area contributed by atoms with E-state index in [1.807, 2.05) is 35.5 Å². The fourth-order valence-corrected chi connectivity index (χ4v) is 4.71. The number of aromatic nitrogens is 4. The fourth-order valence-electron chi connectivity index (χ4n) is 4.71. The zero-order valence-corrected chi connectivity index (χ0v) is 14.8. The zero-order valence-electron chi connectivity index (χ0n) is 14.8. The monoisotopic (exact) mass is 363 g/mol. The van der Waals surface area contributed by atoms with Gasteiger partial charge in [0.2, 0.25) is 0 Å². The van der Waals surface area contributed by atoms with E-state index in [0.29, 0.717) is 30.4 Å². The Bertz CT molecular complexity index is 973. The Morgan fingerprint density at radius 2 is 1.89 bits per heavy atom. The molecule has 1 aromatic carbocycles. The molecule has 0 bridgehead atoms. The van der Waals surface area contributed by atoms with Crippen molar-refractivity contribution in [2.24, 2.45) is 11.8 Å². The first-order valence-corrected chi connectivity index (χ1v) is 9.36. The number of hydrogen-bond donors (Lipinski definition) is 1. The zero-order chi connectivity index (χ0) is 18.4. The standard InChI is InChI=1S/C20H21N5O2/c26-19-8-15-11-24(20(27)13-5-6-22-23-9-13)10-14(15)7-18(19)25-12-21-16-3-1-2-4-17(16)25/h1-6,9,12,14-15,18-19,26H,7-8,10-11H2/t14-,15+,18-,19-/m1/s1. The van der Waals surface area contributed by atoms with Gasteiger partial charge in [-0.1, -0.05) is 12.1 Å². The Morgan fingerprint density at radius 3 is 2.70 bits per heavy atom. The smallest absolute Gasteiger partial charge is 0.255 e. The van der Waals surface area contributed by atoms with Crippen LogP contribution in [0.15, 0.2) is 49.1 Å². The number of carbonyl (C=O) groups excluding carboxylic acids is 1. The molecule has 3 aromatic rings. The van der Waals surface area contributed by atoms with Crippen LogP contribution >= 0.6 is 0 Å². The lowest BCUT2D eigenvalue weighted by Gasteiger charge is -2.36. The third-order valence-corrected chi connectivity index (χ3v) is 6.07. The minimum atomic E-state index is -0.429. The maximum atomic E-state index is 12.7. The van der Waals surface area contributed by atoms with Gasteiger partial charge in [-0.2, -0.15) is 10.2 Å². The van der Waals surface area contributed by atoms with Crippen LogP contribution in [0.3, 0.4) is 0 Å². The largest absolute Gasteiger partial charge is 0.391 e. The Hall–Kier alpha value is -2.80. The predicted octanol–water partition coefficient (Wildman–Crippen LogP) is 1.91. The molecular weight excluding hydrogens is 342 g/mol. The summed E-state index contributed by atoms with van der Waals surface area (Å²) in [5, 5.41) is 18.4.